The third-order valence-corrected chi connectivity index (χ3v) is 6.36. The van der Waals surface area contributed by atoms with E-state index in [9.17, 15) is 0 Å². The van der Waals surface area contributed by atoms with Crippen molar-refractivity contribution < 1.29 is 0 Å². The normalized spacial score (nSPS) is 22.6. The summed E-state index contributed by atoms with van der Waals surface area (Å²) in [6.07, 6.45) is 1.03. The first kappa shape index (κ1) is 15.1. The van der Waals surface area contributed by atoms with Gasteiger partial charge in [0.15, 0.2) is 0 Å². The molecule has 2 heteroatoms. The summed E-state index contributed by atoms with van der Waals surface area (Å²) in [4.78, 5) is 0. The van der Waals surface area contributed by atoms with Crippen LogP contribution < -0.4 is 0 Å². The summed E-state index contributed by atoms with van der Waals surface area (Å²) >= 11 is 13.2. The molecule has 0 radical (unpaired) electrons. The largest absolute Gasteiger partial charge is 0.0837 e. The van der Waals surface area contributed by atoms with E-state index in [4.69, 9.17) is 23.2 Å². The number of hydrogen-bond donors (Lipinski definition) is 0. The minimum Gasteiger partial charge on any atom is -0.0837 e. The van der Waals surface area contributed by atoms with Crippen molar-refractivity contribution in [1.82, 2.24) is 0 Å². The van der Waals surface area contributed by atoms with E-state index in [0.29, 0.717) is 11.8 Å². The Bertz CT molecular complexity index is 786. The number of benzene rings is 2. The number of halogens is 2. The predicted octanol–water partition coefficient (Wildman–Crippen LogP) is 6.91. The molecule has 2 unspecified atom stereocenters. The van der Waals surface area contributed by atoms with E-state index in [-0.39, 0.29) is 0 Å². The van der Waals surface area contributed by atoms with E-state index in [2.05, 4.69) is 62.4 Å². The van der Waals surface area contributed by atoms with E-state index in [1.165, 1.54) is 33.4 Å². The van der Waals surface area contributed by atoms with E-state index in [1.807, 2.05) is 0 Å². The smallest absolute Gasteiger partial charge is 0.0476 e. The SMILES string of the molecule is CC1=C(Cl)c2ccccc2C1CC1C(C)=C(Cl)c2ccccc21. The van der Waals surface area contributed by atoms with Crippen LogP contribution in [0.4, 0.5) is 0 Å². The van der Waals surface area contributed by atoms with Crippen molar-refractivity contribution in [2.24, 2.45) is 0 Å². The van der Waals surface area contributed by atoms with Crippen LogP contribution in [-0.2, 0) is 0 Å². The van der Waals surface area contributed by atoms with Gasteiger partial charge in [-0.1, -0.05) is 71.7 Å². The Balaban J connectivity index is 1.75. The fourth-order valence-corrected chi connectivity index (χ4v) is 4.65. The minimum atomic E-state index is 0.370. The van der Waals surface area contributed by atoms with Crippen molar-refractivity contribution in [3.63, 3.8) is 0 Å². The third kappa shape index (κ3) is 2.20. The van der Waals surface area contributed by atoms with Crippen LogP contribution in [0, 0.1) is 0 Å². The Kier molecular flexibility index (Phi) is 3.63. The highest BCUT2D eigenvalue weighted by molar-refractivity contribution is 6.50. The van der Waals surface area contributed by atoms with Crippen LogP contribution in [-0.4, -0.2) is 0 Å². The van der Waals surface area contributed by atoms with Gasteiger partial charge >= 0.3 is 0 Å². The zero-order valence-corrected chi connectivity index (χ0v) is 14.7. The topological polar surface area (TPSA) is 0 Å². The van der Waals surface area contributed by atoms with Gasteiger partial charge in [-0.25, -0.2) is 0 Å². The van der Waals surface area contributed by atoms with Gasteiger partial charge < -0.3 is 0 Å². The summed E-state index contributed by atoms with van der Waals surface area (Å²) in [5.41, 5.74) is 7.64. The van der Waals surface area contributed by atoms with Crippen molar-refractivity contribution in [3.8, 4) is 0 Å². The first-order valence-electron chi connectivity index (χ1n) is 8.00. The van der Waals surface area contributed by atoms with Crippen molar-refractivity contribution >= 4 is 33.3 Å². The second kappa shape index (κ2) is 5.54. The molecule has 23 heavy (non-hydrogen) atoms. The molecule has 2 aliphatic rings. The minimum absolute atomic E-state index is 0.370. The average molecular weight is 341 g/mol. The van der Waals surface area contributed by atoms with Crippen LogP contribution in [0.5, 0.6) is 0 Å². The molecule has 2 aliphatic carbocycles. The maximum Gasteiger partial charge on any atom is 0.0476 e. The maximum atomic E-state index is 6.58. The Morgan fingerprint density at radius 3 is 1.52 bits per heavy atom. The molecule has 2 aromatic rings. The molecule has 2 atom stereocenters. The second-order valence-electron chi connectivity index (χ2n) is 6.51. The van der Waals surface area contributed by atoms with Crippen molar-refractivity contribution in [2.45, 2.75) is 32.1 Å². The fourth-order valence-electron chi connectivity index (χ4n) is 4.04. The quantitative estimate of drug-likeness (QED) is 0.557. The van der Waals surface area contributed by atoms with Gasteiger partial charge in [0.1, 0.15) is 0 Å². The molecule has 0 aliphatic heterocycles. The first-order chi connectivity index (χ1) is 11.1. The van der Waals surface area contributed by atoms with Gasteiger partial charge in [0, 0.05) is 21.9 Å². The molecule has 0 amide bonds. The molecule has 0 aromatic heterocycles. The van der Waals surface area contributed by atoms with Gasteiger partial charge in [-0.2, -0.15) is 0 Å². The van der Waals surface area contributed by atoms with Crippen LogP contribution in [0.3, 0.4) is 0 Å². The Hall–Kier alpha value is -1.50. The molecule has 116 valence electrons. The zero-order valence-electron chi connectivity index (χ0n) is 13.2. The molecule has 0 nitrogen and oxygen atoms in total. The lowest BCUT2D eigenvalue weighted by atomic mass is 9.82. The molecule has 0 spiro atoms. The third-order valence-electron chi connectivity index (χ3n) is 5.35. The molecule has 4 rings (SSSR count). The lowest BCUT2D eigenvalue weighted by Gasteiger charge is -2.21. The van der Waals surface area contributed by atoms with Crippen LogP contribution in [0.25, 0.3) is 10.1 Å². The van der Waals surface area contributed by atoms with Crippen LogP contribution >= 0.6 is 23.2 Å². The summed E-state index contributed by atoms with van der Waals surface area (Å²) in [5.74, 6) is 0.739. The highest BCUT2D eigenvalue weighted by Crippen LogP contribution is 2.52. The number of fused-ring (bicyclic) bond motifs is 2. The van der Waals surface area contributed by atoms with Gasteiger partial charge in [-0.3, -0.25) is 0 Å². The first-order valence-corrected chi connectivity index (χ1v) is 8.76. The van der Waals surface area contributed by atoms with Crippen LogP contribution in [0.2, 0.25) is 0 Å². The molecule has 2 aromatic carbocycles. The van der Waals surface area contributed by atoms with Crippen molar-refractivity contribution in [2.75, 3.05) is 0 Å². The molecular weight excluding hydrogens is 323 g/mol. The zero-order chi connectivity index (χ0) is 16.1. The predicted molar refractivity (Wildman–Crippen MR) is 99.9 cm³/mol. The second-order valence-corrected chi connectivity index (χ2v) is 7.27. The standard InChI is InChI=1S/C21H18Cl2/c1-12-18(14-7-3-5-9-16(14)20(12)22)11-19-13(2)21(23)17-10-6-4-8-15(17)19/h3-10,18-19H,11H2,1-2H3. The molecule has 0 saturated heterocycles. The fraction of sp³-hybridized carbons (Fsp3) is 0.238. The highest BCUT2D eigenvalue weighted by atomic mass is 35.5. The molecule has 0 N–H and O–H groups in total. The number of allylic oxidation sites excluding steroid dienone is 2. The van der Waals surface area contributed by atoms with E-state index >= 15 is 0 Å². The molecule has 0 bridgehead atoms. The lowest BCUT2D eigenvalue weighted by Crippen LogP contribution is -2.06. The summed E-state index contributed by atoms with van der Waals surface area (Å²) < 4.78 is 0. The summed E-state index contributed by atoms with van der Waals surface area (Å²) in [6, 6.07) is 17.0. The summed E-state index contributed by atoms with van der Waals surface area (Å²) in [7, 11) is 0. The van der Waals surface area contributed by atoms with Gasteiger partial charge in [-0.15, -0.1) is 0 Å². The summed E-state index contributed by atoms with van der Waals surface area (Å²) in [5, 5.41) is 1.84. The van der Waals surface area contributed by atoms with E-state index < -0.39 is 0 Å². The van der Waals surface area contributed by atoms with Crippen LogP contribution in [0.15, 0.2) is 59.7 Å². The average Bonchev–Trinajstić information content (AvgIpc) is 2.97. The van der Waals surface area contributed by atoms with E-state index in [1.54, 1.807) is 0 Å². The van der Waals surface area contributed by atoms with Gasteiger partial charge in [-0.05, 0) is 53.7 Å². The number of hydrogen-bond acceptors (Lipinski definition) is 0. The van der Waals surface area contributed by atoms with E-state index in [0.717, 1.165) is 16.5 Å². The number of rotatable bonds is 2. The molecule has 0 heterocycles. The van der Waals surface area contributed by atoms with Gasteiger partial charge in [0.25, 0.3) is 0 Å². The Morgan fingerprint density at radius 1 is 0.696 bits per heavy atom. The molecule has 0 saturated carbocycles. The Labute approximate surface area is 147 Å². The molecule has 0 fully saturated rings. The molecular formula is C21H18Cl2. The Morgan fingerprint density at radius 2 is 1.09 bits per heavy atom. The highest BCUT2D eigenvalue weighted by Gasteiger charge is 2.34. The summed E-state index contributed by atoms with van der Waals surface area (Å²) in [6.45, 7) is 4.32. The lowest BCUT2D eigenvalue weighted by molar-refractivity contribution is 0.642. The monoisotopic (exact) mass is 340 g/mol. The van der Waals surface area contributed by atoms with Gasteiger partial charge in [0.2, 0.25) is 0 Å². The maximum absolute atomic E-state index is 6.58. The van der Waals surface area contributed by atoms with Gasteiger partial charge in [0.05, 0.1) is 0 Å². The van der Waals surface area contributed by atoms with Crippen molar-refractivity contribution in [1.29, 1.82) is 0 Å². The van der Waals surface area contributed by atoms with Crippen LogP contribution in [0.1, 0.15) is 54.4 Å². The van der Waals surface area contributed by atoms with Crippen molar-refractivity contribution in [3.05, 3.63) is 81.9 Å².